The van der Waals surface area contributed by atoms with Crippen molar-refractivity contribution in [3.8, 4) is 0 Å². The molecule has 2 heterocycles. The number of piperazine rings is 1. The van der Waals surface area contributed by atoms with E-state index >= 15 is 0 Å². The van der Waals surface area contributed by atoms with Crippen LogP contribution in [0.1, 0.15) is 0 Å². The number of hydrogen-bond acceptors (Lipinski definition) is 5. The Bertz CT molecular complexity index is 559. The van der Waals surface area contributed by atoms with Gasteiger partial charge in [-0.25, -0.2) is 4.39 Å². The summed E-state index contributed by atoms with van der Waals surface area (Å²) < 4.78 is 13.8. The molecular weight excluding hydrogens is 343 g/mol. The fourth-order valence-electron chi connectivity index (χ4n) is 2.78. The van der Waals surface area contributed by atoms with E-state index in [9.17, 15) is 14.5 Å². The van der Waals surface area contributed by atoms with Crippen LogP contribution >= 0.6 is 15.9 Å². The molecule has 21 heavy (non-hydrogen) atoms. The van der Waals surface area contributed by atoms with Crippen molar-refractivity contribution < 1.29 is 9.31 Å². The van der Waals surface area contributed by atoms with Crippen LogP contribution in [-0.2, 0) is 0 Å². The van der Waals surface area contributed by atoms with Crippen molar-refractivity contribution in [3.05, 3.63) is 32.5 Å². The van der Waals surface area contributed by atoms with Crippen LogP contribution in [0.4, 0.5) is 15.8 Å². The molecule has 0 aromatic heterocycles. The minimum absolute atomic E-state index is 0.172. The van der Waals surface area contributed by atoms with E-state index in [0.717, 1.165) is 45.3 Å². The lowest BCUT2D eigenvalue weighted by molar-refractivity contribution is -0.384. The molecule has 6 nitrogen and oxygen atoms in total. The van der Waals surface area contributed by atoms with Gasteiger partial charge in [0.1, 0.15) is 11.5 Å². The third kappa shape index (κ3) is 2.88. The zero-order valence-electron chi connectivity index (χ0n) is 11.4. The van der Waals surface area contributed by atoms with Gasteiger partial charge in [0.15, 0.2) is 0 Å². The largest absolute Gasteiger partial charge is 0.363 e. The summed E-state index contributed by atoms with van der Waals surface area (Å²) in [5.74, 6) is -0.607. The zero-order valence-corrected chi connectivity index (χ0v) is 13.0. The zero-order chi connectivity index (χ0) is 15.0. The van der Waals surface area contributed by atoms with Gasteiger partial charge in [-0.05, 0) is 22.0 Å². The Morgan fingerprint density at radius 3 is 2.48 bits per heavy atom. The molecule has 2 fully saturated rings. The normalized spacial score (nSPS) is 20.4. The summed E-state index contributed by atoms with van der Waals surface area (Å²) in [7, 11) is 0. The van der Waals surface area contributed by atoms with Crippen molar-refractivity contribution in [2.24, 2.45) is 0 Å². The predicted octanol–water partition coefficient (Wildman–Crippen LogP) is 1.59. The van der Waals surface area contributed by atoms with Gasteiger partial charge in [-0.2, -0.15) is 0 Å². The van der Waals surface area contributed by atoms with Gasteiger partial charge >= 0.3 is 0 Å². The van der Waals surface area contributed by atoms with Crippen molar-refractivity contribution in [2.75, 3.05) is 44.2 Å². The highest BCUT2D eigenvalue weighted by atomic mass is 79.9. The highest BCUT2D eigenvalue weighted by Gasteiger charge is 2.30. The summed E-state index contributed by atoms with van der Waals surface area (Å²) in [4.78, 5) is 15.0. The molecule has 0 unspecified atom stereocenters. The van der Waals surface area contributed by atoms with E-state index < -0.39 is 10.7 Å². The molecule has 0 amide bonds. The monoisotopic (exact) mass is 358 g/mol. The van der Waals surface area contributed by atoms with Crippen LogP contribution in [-0.4, -0.2) is 55.1 Å². The SMILES string of the molecule is O=[N+]([O-])c1cc(F)c(Br)cc1N1CCN(C2CNC2)CC1. The maximum absolute atomic E-state index is 13.5. The van der Waals surface area contributed by atoms with Crippen molar-refractivity contribution >= 4 is 27.3 Å². The predicted molar refractivity (Wildman–Crippen MR) is 81.2 cm³/mol. The minimum atomic E-state index is -0.607. The van der Waals surface area contributed by atoms with E-state index in [4.69, 9.17) is 0 Å². The molecule has 1 aromatic carbocycles. The lowest BCUT2D eigenvalue weighted by Gasteiger charge is -2.43. The summed E-state index contributed by atoms with van der Waals surface area (Å²) in [6, 6.07) is 3.08. The van der Waals surface area contributed by atoms with Gasteiger partial charge in [0.2, 0.25) is 0 Å². The second kappa shape index (κ2) is 5.86. The Labute approximate surface area is 130 Å². The van der Waals surface area contributed by atoms with Gasteiger partial charge < -0.3 is 10.2 Å². The van der Waals surface area contributed by atoms with Crippen molar-refractivity contribution in [3.63, 3.8) is 0 Å². The first-order valence-corrected chi connectivity index (χ1v) is 7.68. The van der Waals surface area contributed by atoms with E-state index in [1.54, 1.807) is 0 Å². The number of nitrogens with zero attached hydrogens (tertiary/aromatic N) is 3. The molecule has 0 spiro atoms. The van der Waals surface area contributed by atoms with Gasteiger partial charge in [0.05, 0.1) is 15.5 Å². The standard InChI is InChI=1S/C13H16BrFN4O2/c14-10-5-12(13(19(20)21)6-11(10)15)18-3-1-17(2-4-18)9-7-16-8-9/h5-6,9,16H,1-4,7-8H2. The number of rotatable bonds is 3. The maximum atomic E-state index is 13.5. The van der Waals surface area contributed by atoms with Crippen LogP contribution in [0.2, 0.25) is 0 Å². The summed E-state index contributed by atoms with van der Waals surface area (Å²) >= 11 is 3.11. The molecule has 2 saturated heterocycles. The second-order valence-corrected chi connectivity index (χ2v) is 6.20. The van der Waals surface area contributed by atoms with Crippen LogP contribution in [0.5, 0.6) is 0 Å². The lowest BCUT2D eigenvalue weighted by atomic mass is 10.1. The van der Waals surface area contributed by atoms with Crippen molar-refractivity contribution in [1.29, 1.82) is 0 Å². The summed E-state index contributed by atoms with van der Waals surface area (Å²) in [5.41, 5.74) is 0.314. The highest BCUT2D eigenvalue weighted by molar-refractivity contribution is 9.10. The molecule has 0 atom stereocenters. The Kier molecular flexibility index (Phi) is 4.10. The van der Waals surface area contributed by atoms with E-state index in [0.29, 0.717) is 11.7 Å². The highest BCUT2D eigenvalue weighted by Crippen LogP contribution is 2.34. The first-order chi connectivity index (χ1) is 10.1. The van der Waals surface area contributed by atoms with Crippen LogP contribution in [0, 0.1) is 15.9 Å². The van der Waals surface area contributed by atoms with Crippen LogP contribution in [0.25, 0.3) is 0 Å². The summed E-state index contributed by atoms with van der Waals surface area (Å²) in [6.45, 7) is 5.21. The molecule has 0 bridgehead atoms. The second-order valence-electron chi connectivity index (χ2n) is 5.35. The van der Waals surface area contributed by atoms with E-state index in [1.807, 2.05) is 4.90 Å². The van der Waals surface area contributed by atoms with Gasteiger partial charge in [-0.3, -0.25) is 15.0 Å². The average molecular weight is 359 g/mol. The fourth-order valence-corrected chi connectivity index (χ4v) is 3.12. The number of anilines is 1. The molecule has 0 saturated carbocycles. The number of nitro benzene ring substituents is 1. The molecule has 8 heteroatoms. The minimum Gasteiger partial charge on any atom is -0.363 e. The molecule has 2 aliphatic rings. The lowest BCUT2D eigenvalue weighted by Crippen LogP contribution is -2.61. The number of nitro groups is 1. The van der Waals surface area contributed by atoms with E-state index in [-0.39, 0.29) is 10.2 Å². The molecule has 114 valence electrons. The van der Waals surface area contributed by atoms with Gasteiger partial charge in [0.25, 0.3) is 5.69 Å². The average Bonchev–Trinajstić information content (AvgIpc) is 2.40. The quantitative estimate of drug-likeness (QED) is 0.656. The van der Waals surface area contributed by atoms with E-state index in [2.05, 4.69) is 26.1 Å². The van der Waals surface area contributed by atoms with Crippen LogP contribution in [0.3, 0.4) is 0 Å². The Balaban J connectivity index is 1.77. The first-order valence-electron chi connectivity index (χ1n) is 6.89. The number of hydrogen-bond donors (Lipinski definition) is 1. The Morgan fingerprint density at radius 2 is 1.95 bits per heavy atom. The summed E-state index contributed by atoms with van der Waals surface area (Å²) in [5, 5.41) is 14.4. The van der Waals surface area contributed by atoms with Crippen molar-refractivity contribution in [2.45, 2.75) is 6.04 Å². The van der Waals surface area contributed by atoms with Gasteiger partial charge in [-0.15, -0.1) is 0 Å². The number of halogens is 2. The molecule has 0 aliphatic carbocycles. The molecular formula is C13H16BrFN4O2. The van der Waals surface area contributed by atoms with Crippen LogP contribution in [0.15, 0.2) is 16.6 Å². The molecule has 3 rings (SSSR count). The molecule has 1 N–H and O–H groups in total. The number of nitrogens with one attached hydrogen (secondary N) is 1. The summed E-state index contributed by atoms with van der Waals surface area (Å²) in [6.07, 6.45) is 0. The Morgan fingerprint density at radius 1 is 1.29 bits per heavy atom. The molecule has 0 radical (unpaired) electrons. The fraction of sp³-hybridized carbons (Fsp3) is 0.538. The van der Waals surface area contributed by atoms with E-state index in [1.165, 1.54) is 6.07 Å². The third-order valence-corrected chi connectivity index (χ3v) is 4.75. The third-order valence-electron chi connectivity index (χ3n) is 4.15. The van der Waals surface area contributed by atoms with Crippen LogP contribution < -0.4 is 10.2 Å². The van der Waals surface area contributed by atoms with Gasteiger partial charge in [0, 0.05) is 45.3 Å². The first kappa shape index (κ1) is 14.7. The van der Waals surface area contributed by atoms with Gasteiger partial charge in [-0.1, -0.05) is 0 Å². The van der Waals surface area contributed by atoms with Crippen molar-refractivity contribution in [1.82, 2.24) is 10.2 Å². The molecule has 1 aromatic rings. The topological polar surface area (TPSA) is 61.7 Å². The smallest absolute Gasteiger partial charge is 0.295 e. The number of benzene rings is 1. The Hall–Kier alpha value is -1.25. The maximum Gasteiger partial charge on any atom is 0.295 e. The molecule has 2 aliphatic heterocycles.